The number of benzene rings is 1. The zero-order chi connectivity index (χ0) is 18.6. The van der Waals surface area contributed by atoms with E-state index in [0.29, 0.717) is 22.8 Å². The van der Waals surface area contributed by atoms with Crippen molar-refractivity contribution in [3.8, 4) is 0 Å². The molecular formula is C19H29Cl2N3O2. The molecule has 1 saturated carbocycles. The van der Waals surface area contributed by atoms with Crippen molar-refractivity contribution in [2.45, 2.75) is 52.0 Å². The van der Waals surface area contributed by atoms with Gasteiger partial charge in [-0.25, -0.2) is 0 Å². The Balaban J connectivity index is 0.00000338. The Morgan fingerprint density at radius 2 is 2.00 bits per heavy atom. The third-order valence-electron chi connectivity index (χ3n) is 5.12. The molecule has 0 aliphatic heterocycles. The van der Waals surface area contributed by atoms with E-state index in [0.717, 1.165) is 25.7 Å². The minimum atomic E-state index is -0.299. The molecule has 1 fully saturated rings. The molecule has 0 saturated heterocycles. The van der Waals surface area contributed by atoms with Crippen LogP contribution in [0.5, 0.6) is 0 Å². The van der Waals surface area contributed by atoms with Gasteiger partial charge >= 0.3 is 0 Å². The summed E-state index contributed by atoms with van der Waals surface area (Å²) in [6.45, 7) is 6.47. The van der Waals surface area contributed by atoms with Crippen molar-refractivity contribution in [1.82, 2.24) is 5.32 Å². The van der Waals surface area contributed by atoms with Gasteiger partial charge in [-0.15, -0.1) is 12.4 Å². The average molecular weight is 402 g/mol. The Morgan fingerprint density at radius 1 is 1.31 bits per heavy atom. The number of rotatable bonds is 6. The Bertz CT molecular complexity index is 650. The van der Waals surface area contributed by atoms with Crippen molar-refractivity contribution in [3.63, 3.8) is 0 Å². The summed E-state index contributed by atoms with van der Waals surface area (Å²) in [5.41, 5.74) is 6.46. The van der Waals surface area contributed by atoms with E-state index in [1.54, 1.807) is 18.2 Å². The number of carbonyl (C=O) groups excluding carboxylic acids is 2. The highest BCUT2D eigenvalue weighted by molar-refractivity contribution is 6.34. The third kappa shape index (κ3) is 5.60. The number of carbonyl (C=O) groups is 2. The molecule has 1 aliphatic carbocycles. The van der Waals surface area contributed by atoms with Gasteiger partial charge in [0.1, 0.15) is 0 Å². The quantitative estimate of drug-likeness (QED) is 0.673. The Hall–Kier alpha value is -1.30. The van der Waals surface area contributed by atoms with Gasteiger partial charge in [-0.05, 0) is 63.8 Å². The van der Waals surface area contributed by atoms with Crippen LogP contribution >= 0.6 is 24.0 Å². The van der Waals surface area contributed by atoms with Gasteiger partial charge < -0.3 is 16.4 Å². The number of nitrogens with one attached hydrogen (secondary N) is 2. The van der Waals surface area contributed by atoms with E-state index in [2.05, 4.69) is 10.6 Å². The van der Waals surface area contributed by atoms with Gasteiger partial charge in [0.05, 0.1) is 10.6 Å². The summed E-state index contributed by atoms with van der Waals surface area (Å²) < 4.78 is 0. The Labute approximate surface area is 166 Å². The topological polar surface area (TPSA) is 84.2 Å². The van der Waals surface area contributed by atoms with E-state index >= 15 is 0 Å². The minimum Gasteiger partial charge on any atom is -0.347 e. The van der Waals surface area contributed by atoms with Crippen LogP contribution in [0.3, 0.4) is 0 Å². The maximum atomic E-state index is 12.5. The molecule has 0 unspecified atom stereocenters. The van der Waals surface area contributed by atoms with Crippen LogP contribution in [0.4, 0.5) is 5.69 Å². The summed E-state index contributed by atoms with van der Waals surface area (Å²) in [4.78, 5) is 24.8. The molecule has 7 heteroatoms. The van der Waals surface area contributed by atoms with Crippen molar-refractivity contribution >= 4 is 41.5 Å². The monoisotopic (exact) mass is 401 g/mol. The fraction of sp³-hybridized carbons (Fsp3) is 0.579. The first-order valence-corrected chi connectivity index (χ1v) is 9.28. The van der Waals surface area contributed by atoms with Gasteiger partial charge in [0, 0.05) is 17.1 Å². The molecular weight excluding hydrogens is 373 g/mol. The van der Waals surface area contributed by atoms with Gasteiger partial charge in [-0.2, -0.15) is 0 Å². The molecule has 0 aromatic heterocycles. The lowest BCUT2D eigenvalue weighted by molar-refractivity contribution is -0.120. The van der Waals surface area contributed by atoms with Crippen LogP contribution in [0.15, 0.2) is 18.2 Å². The fourth-order valence-electron chi connectivity index (χ4n) is 3.14. The van der Waals surface area contributed by atoms with Crippen LogP contribution in [0.2, 0.25) is 5.02 Å². The summed E-state index contributed by atoms with van der Waals surface area (Å²) in [6.07, 6.45) is 3.72. The predicted molar refractivity (Wildman–Crippen MR) is 109 cm³/mol. The molecule has 2 amide bonds. The van der Waals surface area contributed by atoms with Crippen LogP contribution in [0.1, 0.15) is 56.8 Å². The van der Waals surface area contributed by atoms with Crippen LogP contribution in [0.25, 0.3) is 0 Å². The highest BCUT2D eigenvalue weighted by atomic mass is 35.5. The van der Waals surface area contributed by atoms with Gasteiger partial charge in [0.15, 0.2) is 0 Å². The van der Waals surface area contributed by atoms with E-state index in [4.69, 9.17) is 17.3 Å². The van der Waals surface area contributed by atoms with Gasteiger partial charge in [-0.3, -0.25) is 9.59 Å². The molecule has 26 heavy (non-hydrogen) atoms. The second-order valence-corrected chi connectivity index (χ2v) is 7.82. The molecule has 0 spiro atoms. The number of hydrogen-bond acceptors (Lipinski definition) is 3. The second kappa shape index (κ2) is 9.58. The van der Waals surface area contributed by atoms with E-state index in [1.165, 1.54) is 0 Å². The molecule has 4 N–H and O–H groups in total. The van der Waals surface area contributed by atoms with Crippen LogP contribution in [0, 0.1) is 11.8 Å². The fourth-order valence-corrected chi connectivity index (χ4v) is 3.41. The first kappa shape index (κ1) is 22.7. The second-order valence-electron chi connectivity index (χ2n) is 7.41. The average Bonchev–Trinajstić information content (AvgIpc) is 3.03. The zero-order valence-corrected chi connectivity index (χ0v) is 17.2. The van der Waals surface area contributed by atoms with Crippen LogP contribution in [-0.4, -0.2) is 23.9 Å². The van der Waals surface area contributed by atoms with Crippen molar-refractivity contribution in [2.24, 2.45) is 17.6 Å². The highest BCUT2D eigenvalue weighted by Gasteiger charge is 2.32. The lowest BCUT2D eigenvalue weighted by Gasteiger charge is -2.24. The lowest BCUT2D eigenvalue weighted by atomic mass is 9.95. The largest absolute Gasteiger partial charge is 0.347 e. The smallest absolute Gasteiger partial charge is 0.253 e. The summed E-state index contributed by atoms with van der Waals surface area (Å²) in [6, 6.07) is 4.98. The molecule has 1 aliphatic rings. The molecule has 0 heterocycles. The Kier molecular flexibility index (Phi) is 8.38. The molecule has 5 nitrogen and oxygen atoms in total. The number of nitrogens with two attached hydrogens (primary N) is 1. The van der Waals surface area contributed by atoms with E-state index in [1.807, 2.05) is 20.8 Å². The van der Waals surface area contributed by atoms with Crippen molar-refractivity contribution in [3.05, 3.63) is 28.8 Å². The SMILES string of the molecule is CCC(C)(C)NC(=O)c1ccc(NC(=O)[C@@H]2CCC[C@@H]2CN)cc1Cl.Cl. The maximum absolute atomic E-state index is 12.5. The van der Waals surface area contributed by atoms with E-state index in [-0.39, 0.29) is 41.6 Å². The van der Waals surface area contributed by atoms with Crippen molar-refractivity contribution < 1.29 is 9.59 Å². The molecule has 1 aromatic carbocycles. The lowest BCUT2D eigenvalue weighted by Crippen LogP contribution is -2.42. The summed E-state index contributed by atoms with van der Waals surface area (Å²) >= 11 is 6.26. The highest BCUT2D eigenvalue weighted by Crippen LogP contribution is 2.32. The van der Waals surface area contributed by atoms with E-state index < -0.39 is 0 Å². The normalized spacial score (nSPS) is 19.6. The summed E-state index contributed by atoms with van der Waals surface area (Å²) in [7, 11) is 0. The minimum absolute atomic E-state index is 0. The molecule has 146 valence electrons. The zero-order valence-electron chi connectivity index (χ0n) is 15.6. The molecule has 0 bridgehead atoms. The molecule has 2 atom stereocenters. The number of hydrogen-bond donors (Lipinski definition) is 3. The number of halogens is 2. The van der Waals surface area contributed by atoms with Gasteiger partial charge in [-0.1, -0.05) is 24.9 Å². The predicted octanol–water partition coefficient (Wildman–Crippen LogP) is 3.99. The van der Waals surface area contributed by atoms with Crippen LogP contribution < -0.4 is 16.4 Å². The summed E-state index contributed by atoms with van der Waals surface area (Å²) in [5, 5.41) is 6.18. The number of amides is 2. The molecule has 0 radical (unpaired) electrons. The first-order chi connectivity index (χ1) is 11.8. The first-order valence-electron chi connectivity index (χ1n) is 8.90. The van der Waals surface area contributed by atoms with Crippen LogP contribution in [-0.2, 0) is 4.79 Å². The molecule has 2 rings (SSSR count). The number of anilines is 1. The summed E-state index contributed by atoms with van der Waals surface area (Å²) in [5.74, 6) is -0.0315. The maximum Gasteiger partial charge on any atom is 0.253 e. The van der Waals surface area contributed by atoms with E-state index in [9.17, 15) is 9.59 Å². The molecule has 1 aromatic rings. The standard InChI is InChI=1S/C19H28ClN3O2.ClH/c1-4-19(2,3)23-18(25)15-9-8-13(10-16(15)20)22-17(24)14-7-5-6-12(14)11-21;/h8-10,12,14H,4-7,11,21H2,1-3H3,(H,22,24)(H,23,25);1H/t12-,14-;/m1./s1. The van der Waals surface area contributed by atoms with Crippen molar-refractivity contribution in [2.75, 3.05) is 11.9 Å². The third-order valence-corrected chi connectivity index (χ3v) is 5.43. The van der Waals surface area contributed by atoms with Gasteiger partial charge in [0.25, 0.3) is 5.91 Å². The Morgan fingerprint density at radius 3 is 2.58 bits per heavy atom. The van der Waals surface area contributed by atoms with Crippen molar-refractivity contribution in [1.29, 1.82) is 0 Å². The van der Waals surface area contributed by atoms with Gasteiger partial charge in [0.2, 0.25) is 5.91 Å².